The molecule has 1 atom stereocenters. The zero-order valence-corrected chi connectivity index (χ0v) is 12.6. The van der Waals surface area contributed by atoms with Gasteiger partial charge in [-0.3, -0.25) is 0 Å². The minimum absolute atomic E-state index is 0.110. The first-order valence-electron chi connectivity index (χ1n) is 7.42. The zero-order valence-electron chi connectivity index (χ0n) is 12.6. The molecular formula is C16H26N2O2. The highest BCUT2D eigenvalue weighted by molar-refractivity contribution is 5.59. The summed E-state index contributed by atoms with van der Waals surface area (Å²) >= 11 is 0. The maximum Gasteiger partial charge on any atom is 0.0641 e. The molecule has 112 valence electrons. The summed E-state index contributed by atoms with van der Waals surface area (Å²) in [4.78, 5) is 2.40. The number of nitrogens with two attached hydrogens (primary N) is 1. The van der Waals surface area contributed by atoms with E-state index in [4.69, 9.17) is 15.2 Å². The zero-order chi connectivity index (χ0) is 14.4. The summed E-state index contributed by atoms with van der Waals surface area (Å²) < 4.78 is 10.6. The Labute approximate surface area is 121 Å². The van der Waals surface area contributed by atoms with Crippen LogP contribution in [0.2, 0.25) is 0 Å². The van der Waals surface area contributed by atoms with Crippen LogP contribution in [0, 0.1) is 0 Å². The summed E-state index contributed by atoms with van der Waals surface area (Å²) in [5.41, 5.74) is 9.92. The molecule has 0 aromatic heterocycles. The molecule has 1 aromatic carbocycles. The summed E-state index contributed by atoms with van der Waals surface area (Å²) in [5, 5.41) is 0. The third-order valence-corrected chi connectivity index (χ3v) is 3.76. The van der Waals surface area contributed by atoms with Crippen LogP contribution in [0.15, 0.2) is 18.2 Å². The number of anilines is 1. The van der Waals surface area contributed by atoms with Gasteiger partial charge in [-0.25, -0.2) is 0 Å². The Balaban J connectivity index is 1.80. The fourth-order valence-corrected chi connectivity index (χ4v) is 2.59. The molecule has 4 heteroatoms. The minimum Gasteiger partial charge on any atom is -0.385 e. The van der Waals surface area contributed by atoms with E-state index in [0.717, 1.165) is 45.8 Å². The first kappa shape index (κ1) is 15.3. The number of rotatable bonds is 8. The van der Waals surface area contributed by atoms with Gasteiger partial charge in [0.15, 0.2) is 0 Å². The van der Waals surface area contributed by atoms with Gasteiger partial charge in [-0.15, -0.1) is 0 Å². The van der Waals surface area contributed by atoms with Crippen molar-refractivity contribution in [2.24, 2.45) is 5.73 Å². The molecule has 0 spiro atoms. The van der Waals surface area contributed by atoms with Crippen molar-refractivity contribution in [1.82, 2.24) is 0 Å². The molecule has 1 aliphatic heterocycles. The molecule has 0 amide bonds. The van der Waals surface area contributed by atoms with Gasteiger partial charge in [-0.1, -0.05) is 12.1 Å². The van der Waals surface area contributed by atoms with Gasteiger partial charge >= 0.3 is 0 Å². The van der Waals surface area contributed by atoms with Crippen LogP contribution >= 0.6 is 0 Å². The summed E-state index contributed by atoms with van der Waals surface area (Å²) in [6, 6.07) is 6.70. The Kier molecular flexibility index (Phi) is 5.83. The summed E-state index contributed by atoms with van der Waals surface area (Å²) in [6.07, 6.45) is 2.07. The first-order valence-corrected chi connectivity index (χ1v) is 7.42. The van der Waals surface area contributed by atoms with E-state index in [-0.39, 0.29) is 6.04 Å². The fourth-order valence-electron chi connectivity index (χ4n) is 2.59. The van der Waals surface area contributed by atoms with Gasteiger partial charge in [-0.05, 0) is 37.0 Å². The number of hydrogen-bond donors (Lipinski definition) is 1. The van der Waals surface area contributed by atoms with E-state index in [1.54, 1.807) is 7.11 Å². The van der Waals surface area contributed by atoms with Crippen molar-refractivity contribution < 1.29 is 9.47 Å². The molecule has 0 saturated heterocycles. The molecule has 1 unspecified atom stereocenters. The SMILES string of the molecule is COCCCOCCN1CCc2cc(C(C)N)ccc21. The predicted molar refractivity (Wildman–Crippen MR) is 82.3 cm³/mol. The molecule has 1 heterocycles. The van der Waals surface area contributed by atoms with Crippen LogP contribution < -0.4 is 10.6 Å². The van der Waals surface area contributed by atoms with Gasteiger partial charge in [-0.2, -0.15) is 0 Å². The second kappa shape index (κ2) is 7.62. The fraction of sp³-hybridized carbons (Fsp3) is 0.625. The van der Waals surface area contributed by atoms with E-state index in [9.17, 15) is 0 Å². The maximum atomic E-state index is 5.94. The minimum atomic E-state index is 0.110. The Morgan fingerprint density at radius 1 is 1.30 bits per heavy atom. The van der Waals surface area contributed by atoms with Crippen LogP contribution in [0.3, 0.4) is 0 Å². The summed E-state index contributed by atoms with van der Waals surface area (Å²) in [7, 11) is 1.72. The number of fused-ring (bicyclic) bond motifs is 1. The van der Waals surface area contributed by atoms with Crippen LogP contribution in [0.4, 0.5) is 5.69 Å². The normalized spacial score (nSPS) is 15.4. The average molecular weight is 278 g/mol. The molecule has 2 rings (SSSR count). The van der Waals surface area contributed by atoms with Crippen molar-refractivity contribution in [3.05, 3.63) is 29.3 Å². The molecule has 1 aromatic rings. The molecule has 0 aliphatic carbocycles. The largest absolute Gasteiger partial charge is 0.385 e. The van der Waals surface area contributed by atoms with Gasteiger partial charge in [0, 0.05) is 45.1 Å². The summed E-state index contributed by atoms with van der Waals surface area (Å²) in [5.74, 6) is 0. The van der Waals surface area contributed by atoms with Crippen LogP contribution in [0.25, 0.3) is 0 Å². The van der Waals surface area contributed by atoms with Crippen LogP contribution in [-0.4, -0.2) is 40.0 Å². The van der Waals surface area contributed by atoms with Crippen molar-refractivity contribution >= 4 is 5.69 Å². The Bertz CT molecular complexity index is 421. The highest BCUT2D eigenvalue weighted by Crippen LogP contribution is 2.29. The molecular weight excluding hydrogens is 252 g/mol. The monoisotopic (exact) mass is 278 g/mol. The lowest BCUT2D eigenvalue weighted by Gasteiger charge is -2.19. The quantitative estimate of drug-likeness (QED) is 0.740. The molecule has 0 saturated carbocycles. The Hall–Kier alpha value is -1.10. The van der Waals surface area contributed by atoms with E-state index in [2.05, 4.69) is 23.1 Å². The van der Waals surface area contributed by atoms with Crippen molar-refractivity contribution in [3.8, 4) is 0 Å². The van der Waals surface area contributed by atoms with Gasteiger partial charge in [0.05, 0.1) is 6.61 Å². The Morgan fingerprint density at radius 2 is 2.15 bits per heavy atom. The highest BCUT2D eigenvalue weighted by atomic mass is 16.5. The van der Waals surface area contributed by atoms with Gasteiger partial charge in [0.2, 0.25) is 0 Å². The number of nitrogens with zero attached hydrogens (tertiary/aromatic N) is 1. The van der Waals surface area contributed by atoms with Gasteiger partial charge in [0.25, 0.3) is 0 Å². The van der Waals surface area contributed by atoms with Crippen LogP contribution in [0.5, 0.6) is 0 Å². The smallest absolute Gasteiger partial charge is 0.0641 e. The standard InChI is InChI=1S/C16H26N2O2/c1-13(17)14-4-5-16-15(12-14)6-7-18(16)8-11-20-10-3-9-19-2/h4-5,12-13H,3,6-11,17H2,1-2H3. The van der Waals surface area contributed by atoms with E-state index in [1.165, 1.54) is 16.8 Å². The van der Waals surface area contributed by atoms with E-state index in [0.29, 0.717) is 0 Å². The van der Waals surface area contributed by atoms with E-state index in [1.807, 2.05) is 6.92 Å². The number of hydrogen-bond acceptors (Lipinski definition) is 4. The third kappa shape index (κ3) is 3.95. The summed E-state index contributed by atoms with van der Waals surface area (Å²) in [6.45, 7) is 6.39. The van der Waals surface area contributed by atoms with E-state index >= 15 is 0 Å². The maximum absolute atomic E-state index is 5.94. The van der Waals surface area contributed by atoms with Gasteiger partial charge < -0.3 is 20.1 Å². The molecule has 0 radical (unpaired) electrons. The van der Waals surface area contributed by atoms with E-state index < -0.39 is 0 Å². The second-order valence-corrected chi connectivity index (χ2v) is 5.37. The number of ether oxygens (including phenoxy) is 2. The Morgan fingerprint density at radius 3 is 2.90 bits per heavy atom. The number of methoxy groups -OCH3 is 1. The average Bonchev–Trinajstić information content (AvgIpc) is 2.85. The third-order valence-electron chi connectivity index (χ3n) is 3.76. The van der Waals surface area contributed by atoms with Gasteiger partial charge in [0.1, 0.15) is 0 Å². The number of benzene rings is 1. The molecule has 0 fully saturated rings. The molecule has 4 nitrogen and oxygen atoms in total. The second-order valence-electron chi connectivity index (χ2n) is 5.37. The molecule has 1 aliphatic rings. The van der Waals surface area contributed by atoms with Crippen molar-refractivity contribution in [3.63, 3.8) is 0 Å². The van der Waals surface area contributed by atoms with Crippen molar-refractivity contribution in [2.45, 2.75) is 25.8 Å². The molecule has 0 bridgehead atoms. The highest BCUT2D eigenvalue weighted by Gasteiger charge is 2.19. The molecule has 20 heavy (non-hydrogen) atoms. The lowest BCUT2D eigenvalue weighted by Crippen LogP contribution is -2.25. The van der Waals surface area contributed by atoms with Crippen LogP contribution in [-0.2, 0) is 15.9 Å². The molecule has 2 N–H and O–H groups in total. The van der Waals surface area contributed by atoms with Crippen LogP contribution in [0.1, 0.15) is 30.5 Å². The lowest BCUT2D eigenvalue weighted by molar-refractivity contribution is 0.107. The van der Waals surface area contributed by atoms with Crippen molar-refractivity contribution in [1.29, 1.82) is 0 Å². The predicted octanol–water partition coefficient (Wildman–Crippen LogP) is 2.12. The van der Waals surface area contributed by atoms with Crippen molar-refractivity contribution in [2.75, 3.05) is 44.9 Å². The topological polar surface area (TPSA) is 47.7 Å². The first-order chi connectivity index (χ1) is 9.72. The lowest BCUT2D eigenvalue weighted by atomic mass is 10.0.